The molecule has 2 rings (SSSR count). The Morgan fingerprint density at radius 3 is 2.52 bits per heavy atom. The summed E-state index contributed by atoms with van der Waals surface area (Å²) in [4.78, 5) is 4.38. The Morgan fingerprint density at radius 1 is 1.10 bits per heavy atom. The van der Waals surface area contributed by atoms with Gasteiger partial charge in [-0.15, -0.1) is 11.8 Å². The number of rotatable bonds is 8. The van der Waals surface area contributed by atoms with Crippen molar-refractivity contribution >= 4 is 11.8 Å². The number of aryl methyl sites for hydroxylation is 1. The Kier molecular flexibility index (Phi) is 6.77. The summed E-state index contributed by atoms with van der Waals surface area (Å²) in [5.41, 5.74) is 2.79. The van der Waals surface area contributed by atoms with Gasteiger partial charge in [0.05, 0.1) is 5.03 Å². The summed E-state index contributed by atoms with van der Waals surface area (Å²) in [6.45, 7) is 5.35. The topological polar surface area (TPSA) is 24.9 Å². The summed E-state index contributed by atoms with van der Waals surface area (Å²) in [5, 5.41) is 4.66. The SMILES string of the molecule is CCCc1ccc(C(CSc2ccccn2)NCC)cc1. The number of benzene rings is 1. The Morgan fingerprint density at radius 2 is 1.90 bits per heavy atom. The van der Waals surface area contributed by atoms with Crippen LogP contribution in [-0.2, 0) is 6.42 Å². The second-order valence-electron chi connectivity index (χ2n) is 5.08. The van der Waals surface area contributed by atoms with Gasteiger partial charge >= 0.3 is 0 Å². The summed E-state index contributed by atoms with van der Waals surface area (Å²) < 4.78 is 0. The Bertz CT molecular complexity index is 511. The molecule has 0 saturated heterocycles. The highest BCUT2D eigenvalue weighted by molar-refractivity contribution is 7.99. The fourth-order valence-electron chi connectivity index (χ4n) is 2.33. The summed E-state index contributed by atoms with van der Waals surface area (Å²) in [6, 6.07) is 15.5. The number of aromatic nitrogens is 1. The van der Waals surface area contributed by atoms with Crippen molar-refractivity contribution in [1.82, 2.24) is 10.3 Å². The minimum atomic E-state index is 0.373. The summed E-state index contributed by atoms with van der Waals surface area (Å²) in [7, 11) is 0. The largest absolute Gasteiger partial charge is 0.309 e. The van der Waals surface area contributed by atoms with Crippen molar-refractivity contribution in [2.45, 2.75) is 37.8 Å². The van der Waals surface area contributed by atoms with E-state index in [-0.39, 0.29) is 0 Å². The Hall–Kier alpha value is -1.32. The normalized spacial score (nSPS) is 12.3. The van der Waals surface area contributed by atoms with E-state index in [1.807, 2.05) is 18.3 Å². The first-order valence-electron chi connectivity index (χ1n) is 7.69. The van der Waals surface area contributed by atoms with E-state index in [0.29, 0.717) is 6.04 Å². The van der Waals surface area contributed by atoms with Gasteiger partial charge in [-0.3, -0.25) is 0 Å². The van der Waals surface area contributed by atoms with Crippen LogP contribution >= 0.6 is 11.8 Å². The van der Waals surface area contributed by atoms with E-state index < -0.39 is 0 Å². The highest BCUT2D eigenvalue weighted by Crippen LogP contribution is 2.23. The molecule has 0 aliphatic carbocycles. The first-order valence-corrected chi connectivity index (χ1v) is 8.68. The van der Waals surface area contributed by atoms with Crippen LogP contribution in [0, 0.1) is 0 Å². The Balaban J connectivity index is 2.00. The monoisotopic (exact) mass is 300 g/mol. The first kappa shape index (κ1) is 16.1. The molecule has 0 spiro atoms. The van der Waals surface area contributed by atoms with E-state index in [0.717, 1.165) is 23.7 Å². The van der Waals surface area contributed by atoms with Gasteiger partial charge in [-0.25, -0.2) is 4.98 Å². The van der Waals surface area contributed by atoms with Crippen LogP contribution in [-0.4, -0.2) is 17.3 Å². The molecule has 1 N–H and O–H groups in total. The van der Waals surface area contributed by atoms with Crippen LogP contribution in [0.15, 0.2) is 53.7 Å². The number of hydrogen-bond donors (Lipinski definition) is 1. The summed E-state index contributed by atoms with van der Waals surface area (Å²) in [6.07, 6.45) is 4.21. The molecule has 0 radical (unpaired) electrons. The van der Waals surface area contributed by atoms with Crippen LogP contribution in [0.2, 0.25) is 0 Å². The molecule has 0 aliphatic rings. The maximum Gasteiger partial charge on any atom is 0.0960 e. The van der Waals surface area contributed by atoms with Gasteiger partial charge in [0, 0.05) is 18.0 Å². The van der Waals surface area contributed by atoms with Crippen molar-refractivity contribution in [3.63, 3.8) is 0 Å². The standard InChI is InChI=1S/C18H24N2S/c1-3-7-15-9-11-16(12-10-15)17(19-4-2)14-21-18-8-5-6-13-20-18/h5-6,8-13,17,19H,3-4,7,14H2,1-2H3. The molecule has 112 valence electrons. The lowest BCUT2D eigenvalue weighted by Crippen LogP contribution is -2.23. The third kappa shape index (κ3) is 5.18. The lowest BCUT2D eigenvalue weighted by atomic mass is 10.0. The molecular formula is C18H24N2S. The Labute approximate surface area is 132 Å². The van der Waals surface area contributed by atoms with Crippen molar-refractivity contribution in [2.24, 2.45) is 0 Å². The molecule has 21 heavy (non-hydrogen) atoms. The van der Waals surface area contributed by atoms with Crippen LogP contribution in [0.1, 0.15) is 37.4 Å². The lowest BCUT2D eigenvalue weighted by Gasteiger charge is -2.18. The smallest absolute Gasteiger partial charge is 0.0960 e. The van der Waals surface area contributed by atoms with E-state index in [2.05, 4.69) is 54.5 Å². The minimum Gasteiger partial charge on any atom is -0.309 e. The van der Waals surface area contributed by atoms with Crippen molar-refractivity contribution in [2.75, 3.05) is 12.3 Å². The summed E-state index contributed by atoms with van der Waals surface area (Å²) >= 11 is 1.80. The van der Waals surface area contributed by atoms with Gasteiger partial charge in [0.25, 0.3) is 0 Å². The molecule has 0 bridgehead atoms. The maximum absolute atomic E-state index is 4.38. The molecule has 2 nitrogen and oxygen atoms in total. The van der Waals surface area contributed by atoms with Crippen molar-refractivity contribution < 1.29 is 0 Å². The van der Waals surface area contributed by atoms with Gasteiger partial charge in [-0.1, -0.05) is 50.6 Å². The second-order valence-corrected chi connectivity index (χ2v) is 6.12. The third-order valence-electron chi connectivity index (χ3n) is 3.41. The second kappa shape index (κ2) is 8.85. The quantitative estimate of drug-likeness (QED) is 0.728. The molecular weight excluding hydrogens is 276 g/mol. The van der Waals surface area contributed by atoms with Gasteiger partial charge in [0.2, 0.25) is 0 Å². The number of thioether (sulfide) groups is 1. The molecule has 0 aliphatic heterocycles. The van der Waals surface area contributed by atoms with Gasteiger partial charge in [0.1, 0.15) is 0 Å². The van der Waals surface area contributed by atoms with Crippen LogP contribution in [0.4, 0.5) is 0 Å². The molecule has 2 aromatic rings. The van der Waals surface area contributed by atoms with E-state index in [1.165, 1.54) is 17.5 Å². The van der Waals surface area contributed by atoms with Crippen molar-refractivity contribution in [3.8, 4) is 0 Å². The zero-order valence-corrected chi connectivity index (χ0v) is 13.7. The third-order valence-corrected chi connectivity index (χ3v) is 4.44. The predicted octanol–water partition coefficient (Wildman–Crippen LogP) is 4.48. The zero-order valence-electron chi connectivity index (χ0n) is 12.9. The van der Waals surface area contributed by atoms with Crippen LogP contribution < -0.4 is 5.32 Å². The number of hydrogen-bond acceptors (Lipinski definition) is 3. The zero-order chi connectivity index (χ0) is 14.9. The molecule has 1 aromatic carbocycles. The number of nitrogens with one attached hydrogen (secondary N) is 1. The average Bonchev–Trinajstić information content (AvgIpc) is 2.54. The molecule has 1 aromatic heterocycles. The molecule has 0 amide bonds. The van der Waals surface area contributed by atoms with Gasteiger partial charge in [0.15, 0.2) is 0 Å². The highest BCUT2D eigenvalue weighted by Gasteiger charge is 2.11. The highest BCUT2D eigenvalue weighted by atomic mass is 32.2. The predicted molar refractivity (Wildman–Crippen MR) is 91.8 cm³/mol. The van der Waals surface area contributed by atoms with Crippen LogP contribution in [0.5, 0.6) is 0 Å². The number of nitrogens with zero attached hydrogens (tertiary/aromatic N) is 1. The molecule has 1 unspecified atom stereocenters. The maximum atomic E-state index is 4.38. The fourth-order valence-corrected chi connectivity index (χ4v) is 3.28. The van der Waals surface area contributed by atoms with Crippen molar-refractivity contribution in [1.29, 1.82) is 0 Å². The minimum absolute atomic E-state index is 0.373. The van der Waals surface area contributed by atoms with E-state index in [4.69, 9.17) is 0 Å². The van der Waals surface area contributed by atoms with Crippen molar-refractivity contribution in [3.05, 3.63) is 59.8 Å². The summed E-state index contributed by atoms with van der Waals surface area (Å²) in [5.74, 6) is 0.998. The first-order chi connectivity index (χ1) is 10.3. The van der Waals surface area contributed by atoms with E-state index >= 15 is 0 Å². The fraction of sp³-hybridized carbons (Fsp3) is 0.389. The van der Waals surface area contributed by atoms with Crippen LogP contribution in [0.3, 0.4) is 0 Å². The average molecular weight is 300 g/mol. The van der Waals surface area contributed by atoms with E-state index in [1.54, 1.807) is 11.8 Å². The van der Waals surface area contributed by atoms with Gasteiger partial charge in [-0.05, 0) is 36.2 Å². The van der Waals surface area contributed by atoms with Gasteiger partial charge < -0.3 is 5.32 Å². The molecule has 1 heterocycles. The van der Waals surface area contributed by atoms with Gasteiger partial charge in [-0.2, -0.15) is 0 Å². The van der Waals surface area contributed by atoms with E-state index in [9.17, 15) is 0 Å². The molecule has 1 atom stereocenters. The molecule has 0 fully saturated rings. The molecule has 0 saturated carbocycles. The lowest BCUT2D eigenvalue weighted by molar-refractivity contribution is 0.605. The molecule has 3 heteroatoms. The number of pyridine rings is 1. The van der Waals surface area contributed by atoms with Crippen LogP contribution in [0.25, 0.3) is 0 Å².